The molecule has 0 aromatic carbocycles. The second-order valence-corrected chi connectivity index (χ2v) is 0.881. The molecule has 0 fully saturated rings. The molecule has 0 spiro atoms. The Morgan fingerprint density at radius 1 is 1.71 bits per heavy atom. The van der Waals surface area contributed by atoms with Crippen LogP contribution in [0.2, 0.25) is 6.32 Å². The van der Waals surface area contributed by atoms with Crippen molar-refractivity contribution in [3.05, 3.63) is 0 Å². The lowest BCUT2D eigenvalue weighted by Gasteiger charge is -1.59. The van der Waals surface area contributed by atoms with Crippen LogP contribution in [0.25, 0.3) is 0 Å². The Morgan fingerprint density at radius 3 is 3.14 bits per heavy atom. The minimum absolute atomic E-state index is 0.509. The average Bonchev–Trinajstić information content (AvgIpc) is 1.81. The lowest BCUT2D eigenvalue weighted by Crippen LogP contribution is -1.55. The van der Waals surface area contributed by atoms with E-state index in [9.17, 15) is 0 Å². The van der Waals surface area contributed by atoms with Gasteiger partial charge in [0, 0.05) is 0 Å². The molecule has 0 rings (SSSR count). The van der Waals surface area contributed by atoms with Crippen LogP contribution in [0, 0.1) is 23.7 Å². The highest BCUT2D eigenvalue weighted by Crippen LogP contribution is 1.59. The molecular weight excluding hydrogens is 82.9 g/mol. The van der Waals surface area contributed by atoms with Gasteiger partial charge in [0.15, 0.2) is 0 Å². The van der Waals surface area contributed by atoms with Gasteiger partial charge in [0.25, 0.3) is 0 Å². The SMILES string of the molecule is [2H][B]CC#CC#CC. The van der Waals surface area contributed by atoms with Crippen LogP contribution < -0.4 is 0 Å². The fraction of sp³-hybridized carbons (Fsp3) is 0.333. The van der Waals surface area contributed by atoms with Crippen LogP contribution >= 0.6 is 0 Å². The third kappa shape index (κ3) is 5.18. The third-order valence-electron chi connectivity index (χ3n) is 0.378. The van der Waals surface area contributed by atoms with Gasteiger partial charge in [-0.15, -0.1) is 0 Å². The molecule has 0 aliphatic heterocycles. The topological polar surface area (TPSA) is 0 Å². The summed E-state index contributed by atoms with van der Waals surface area (Å²) in [6, 6.07) is 0. The van der Waals surface area contributed by atoms with Crippen LogP contribution in [0.3, 0.4) is 0 Å². The van der Waals surface area contributed by atoms with Crippen molar-refractivity contribution in [2.24, 2.45) is 0 Å². The molecule has 0 aliphatic rings. The van der Waals surface area contributed by atoms with Crippen LogP contribution in [0.5, 0.6) is 0 Å². The molecule has 7 heavy (non-hydrogen) atoms. The Labute approximate surface area is 47.1 Å². The van der Waals surface area contributed by atoms with E-state index >= 15 is 0 Å². The fourth-order valence-electron chi connectivity index (χ4n) is 0.158. The molecule has 0 aliphatic carbocycles. The van der Waals surface area contributed by atoms with Crippen LogP contribution in [0.1, 0.15) is 6.92 Å². The zero-order valence-electron chi connectivity index (χ0n) is 5.28. The zero-order valence-corrected chi connectivity index (χ0v) is 4.28. The molecular formula is C6H6B. The van der Waals surface area contributed by atoms with E-state index in [1.165, 1.54) is 7.81 Å². The maximum atomic E-state index is 6.56. The van der Waals surface area contributed by atoms with Crippen LogP contribution in [0.15, 0.2) is 0 Å². The van der Waals surface area contributed by atoms with Gasteiger partial charge in [0.1, 0.15) is 7.81 Å². The van der Waals surface area contributed by atoms with Gasteiger partial charge >= 0.3 is 0 Å². The molecule has 0 aromatic rings. The highest BCUT2D eigenvalue weighted by Gasteiger charge is 1.54. The minimum Gasteiger partial charge on any atom is -0.0983 e. The summed E-state index contributed by atoms with van der Waals surface area (Å²) in [7, 11) is 1.25. The van der Waals surface area contributed by atoms with Gasteiger partial charge in [-0.05, 0) is 26.4 Å². The van der Waals surface area contributed by atoms with E-state index in [0.29, 0.717) is 6.32 Å². The predicted octanol–water partition coefficient (Wildman–Crippen LogP) is 0.332. The lowest BCUT2D eigenvalue weighted by atomic mass is 10.1. The molecule has 1 heteroatoms. The fourth-order valence-corrected chi connectivity index (χ4v) is 0.158. The Hall–Kier alpha value is -0.815. The van der Waals surface area contributed by atoms with Crippen molar-refractivity contribution in [2.75, 3.05) is 0 Å². The molecule has 0 aromatic heterocycles. The molecule has 0 saturated heterocycles. The molecule has 1 radical (unpaired) electrons. The maximum absolute atomic E-state index is 6.56. The van der Waals surface area contributed by atoms with Crippen molar-refractivity contribution in [1.82, 2.24) is 0 Å². The van der Waals surface area contributed by atoms with Gasteiger partial charge in [-0.25, -0.2) is 0 Å². The Bertz CT molecular complexity index is 153. The monoisotopic (exact) mass is 90.1 g/mol. The summed E-state index contributed by atoms with van der Waals surface area (Å²) in [5.74, 6) is 10.4. The third-order valence-corrected chi connectivity index (χ3v) is 0.378. The number of hydrogen-bond donors (Lipinski definition) is 0. The van der Waals surface area contributed by atoms with Gasteiger partial charge in [-0.3, -0.25) is 0 Å². The van der Waals surface area contributed by atoms with Gasteiger partial charge in [0.05, 0.1) is 0 Å². The molecule has 0 bridgehead atoms. The van der Waals surface area contributed by atoms with Gasteiger partial charge < -0.3 is 0 Å². The summed E-state index contributed by atoms with van der Waals surface area (Å²) >= 11 is 0. The lowest BCUT2D eigenvalue weighted by molar-refractivity contribution is 1.87. The van der Waals surface area contributed by atoms with E-state index in [1.54, 1.807) is 6.92 Å². The number of hydrogen-bond acceptors (Lipinski definition) is 0. The van der Waals surface area contributed by atoms with Crippen molar-refractivity contribution in [3.8, 4) is 23.7 Å². The first-order chi connectivity index (χ1) is 3.91. The Kier molecular flexibility index (Phi) is 3.22. The highest BCUT2D eigenvalue weighted by atomic mass is 13.5. The minimum atomic E-state index is 0.509. The van der Waals surface area contributed by atoms with Crippen LogP contribution in [0.4, 0.5) is 0 Å². The summed E-state index contributed by atoms with van der Waals surface area (Å²) in [4.78, 5) is 0. The van der Waals surface area contributed by atoms with E-state index in [4.69, 9.17) is 1.34 Å². The second kappa shape index (κ2) is 5.18. The molecule has 0 N–H and O–H groups in total. The van der Waals surface area contributed by atoms with E-state index in [2.05, 4.69) is 23.7 Å². The number of rotatable bonds is 1. The largest absolute Gasteiger partial charge is 0.103 e. The molecule has 0 nitrogen and oxygen atoms in total. The molecule has 0 unspecified atom stereocenters. The standard InChI is InChI=1S/C6H6B/c1-2-3-4-5-6-7/h7H,6H2,1H3/i7D. The first kappa shape index (κ1) is 4.35. The van der Waals surface area contributed by atoms with Gasteiger partial charge in [-0.2, -0.15) is 0 Å². The van der Waals surface area contributed by atoms with Gasteiger partial charge in [-0.1, -0.05) is 11.8 Å². The smallest absolute Gasteiger partial charge is 0.0983 e. The van der Waals surface area contributed by atoms with Crippen LogP contribution in [-0.2, 0) is 0 Å². The predicted molar refractivity (Wildman–Crippen MR) is 33.2 cm³/mol. The Morgan fingerprint density at radius 2 is 2.57 bits per heavy atom. The Balaban J connectivity index is 3.31. The molecule has 0 saturated carbocycles. The molecule has 0 amide bonds. The molecule has 0 atom stereocenters. The second-order valence-electron chi connectivity index (χ2n) is 0.881. The van der Waals surface area contributed by atoms with Crippen molar-refractivity contribution in [1.29, 1.82) is 1.34 Å². The summed E-state index contributed by atoms with van der Waals surface area (Å²) in [6.07, 6.45) is 0.509. The summed E-state index contributed by atoms with van der Waals surface area (Å²) in [5.41, 5.74) is 0. The average molecular weight is 89.9 g/mol. The highest BCUT2D eigenvalue weighted by molar-refractivity contribution is 6.10. The van der Waals surface area contributed by atoms with Crippen LogP contribution in [-0.4, -0.2) is 9.15 Å². The van der Waals surface area contributed by atoms with E-state index in [0.717, 1.165) is 0 Å². The quantitative estimate of drug-likeness (QED) is 0.321. The molecule has 0 heterocycles. The van der Waals surface area contributed by atoms with Crippen molar-refractivity contribution >= 4 is 7.81 Å². The normalized spacial score (nSPS) is 6.14. The molecule has 33 valence electrons. The van der Waals surface area contributed by atoms with Crippen molar-refractivity contribution in [2.45, 2.75) is 13.2 Å². The van der Waals surface area contributed by atoms with Crippen molar-refractivity contribution in [3.63, 3.8) is 0 Å². The van der Waals surface area contributed by atoms with Gasteiger partial charge in [0.2, 0.25) is 0 Å². The zero-order chi connectivity index (χ0) is 6.24. The van der Waals surface area contributed by atoms with E-state index in [-0.39, 0.29) is 0 Å². The maximum Gasteiger partial charge on any atom is 0.103 e. The summed E-state index contributed by atoms with van der Waals surface area (Å²) in [6.45, 7) is 1.74. The van der Waals surface area contributed by atoms with E-state index < -0.39 is 0 Å². The van der Waals surface area contributed by atoms with Crippen molar-refractivity contribution < 1.29 is 0 Å². The summed E-state index contributed by atoms with van der Waals surface area (Å²) in [5, 5.41) is 0. The first-order valence-corrected chi connectivity index (χ1v) is 2.01. The summed E-state index contributed by atoms with van der Waals surface area (Å²) < 4.78 is 6.56. The van der Waals surface area contributed by atoms with E-state index in [1.807, 2.05) is 0 Å². The first-order valence-electron chi connectivity index (χ1n) is 2.59.